The van der Waals surface area contributed by atoms with Crippen molar-refractivity contribution < 1.29 is 19.1 Å². The highest BCUT2D eigenvalue weighted by atomic mass is 16.5. The maximum absolute atomic E-state index is 12.3. The van der Waals surface area contributed by atoms with Crippen LogP contribution in [0.3, 0.4) is 0 Å². The monoisotopic (exact) mass is 319 g/mol. The minimum Gasteiger partial charge on any atom is -0.365 e. The lowest BCUT2D eigenvalue weighted by Gasteiger charge is -2.22. The third-order valence-corrected chi connectivity index (χ3v) is 3.77. The minimum absolute atomic E-state index is 0.0994. The lowest BCUT2D eigenvalue weighted by Crippen LogP contribution is -2.39. The van der Waals surface area contributed by atoms with E-state index in [2.05, 4.69) is 16.0 Å². The molecule has 0 saturated carbocycles. The van der Waals surface area contributed by atoms with Crippen molar-refractivity contribution >= 4 is 23.4 Å². The van der Waals surface area contributed by atoms with Crippen LogP contribution in [0.15, 0.2) is 24.3 Å². The highest BCUT2D eigenvalue weighted by Gasteiger charge is 2.37. The Morgan fingerprint density at radius 1 is 1.30 bits per heavy atom. The Morgan fingerprint density at radius 2 is 2.09 bits per heavy atom. The first-order valence-corrected chi connectivity index (χ1v) is 7.49. The van der Waals surface area contributed by atoms with Gasteiger partial charge in [-0.2, -0.15) is 0 Å². The van der Waals surface area contributed by atoms with E-state index in [-0.39, 0.29) is 24.3 Å². The molecule has 1 aromatic carbocycles. The highest BCUT2D eigenvalue weighted by Crippen LogP contribution is 2.26. The summed E-state index contributed by atoms with van der Waals surface area (Å²) in [6.07, 6.45) is 1.52. The first-order chi connectivity index (χ1) is 10.9. The summed E-state index contributed by atoms with van der Waals surface area (Å²) in [6, 6.07) is 6.55. The van der Waals surface area contributed by atoms with Gasteiger partial charge in [-0.05, 0) is 38.0 Å². The van der Waals surface area contributed by atoms with Crippen LogP contribution in [0, 0.1) is 0 Å². The Kier molecular flexibility index (Phi) is 5.33. The first kappa shape index (κ1) is 17.0. The van der Waals surface area contributed by atoms with E-state index in [0.717, 1.165) is 6.42 Å². The molecule has 1 aromatic rings. The van der Waals surface area contributed by atoms with Crippen molar-refractivity contribution in [2.75, 3.05) is 25.5 Å². The molecule has 1 aliphatic heterocycles. The second-order valence-corrected chi connectivity index (χ2v) is 5.57. The fourth-order valence-corrected chi connectivity index (χ4v) is 2.31. The average molecular weight is 319 g/mol. The summed E-state index contributed by atoms with van der Waals surface area (Å²) >= 11 is 0. The van der Waals surface area contributed by atoms with Gasteiger partial charge in [-0.3, -0.25) is 14.4 Å². The molecule has 1 atom stereocenters. The van der Waals surface area contributed by atoms with Crippen LogP contribution in [0.5, 0.6) is 0 Å². The van der Waals surface area contributed by atoms with Crippen LogP contribution in [0.1, 0.15) is 30.1 Å². The van der Waals surface area contributed by atoms with E-state index >= 15 is 0 Å². The molecule has 124 valence electrons. The van der Waals surface area contributed by atoms with Gasteiger partial charge in [0.1, 0.15) is 5.60 Å². The van der Waals surface area contributed by atoms with Gasteiger partial charge in [0.25, 0.3) is 11.8 Å². The van der Waals surface area contributed by atoms with Crippen molar-refractivity contribution in [3.63, 3.8) is 0 Å². The molecule has 0 spiro atoms. The highest BCUT2D eigenvalue weighted by molar-refractivity contribution is 6.00. The van der Waals surface area contributed by atoms with Crippen molar-refractivity contribution in [3.05, 3.63) is 29.8 Å². The van der Waals surface area contributed by atoms with E-state index in [1.165, 1.54) is 7.05 Å². The van der Waals surface area contributed by atoms with E-state index in [4.69, 9.17) is 4.74 Å². The predicted octanol–water partition coefficient (Wildman–Crippen LogP) is 0.670. The third kappa shape index (κ3) is 4.29. The minimum atomic E-state index is -0.822. The lowest BCUT2D eigenvalue weighted by atomic mass is 10.0. The van der Waals surface area contributed by atoms with E-state index in [1.54, 1.807) is 31.2 Å². The Hall–Kier alpha value is -2.41. The summed E-state index contributed by atoms with van der Waals surface area (Å²) in [6.45, 7) is 2.24. The number of hydrogen-bond acceptors (Lipinski definition) is 4. The smallest absolute Gasteiger partial charge is 0.256 e. The molecule has 0 aliphatic carbocycles. The number of likely N-dealkylation sites (N-methyl/N-ethyl adjacent to an activating group) is 1. The second-order valence-electron chi connectivity index (χ2n) is 5.57. The summed E-state index contributed by atoms with van der Waals surface area (Å²) in [5.74, 6) is -0.889. The Balaban J connectivity index is 2.00. The van der Waals surface area contributed by atoms with Crippen molar-refractivity contribution in [3.8, 4) is 0 Å². The summed E-state index contributed by atoms with van der Waals surface area (Å²) in [5, 5.41) is 7.70. The number of amides is 3. The van der Waals surface area contributed by atoms with Crippen LogP contribution in [0.25, 0.3) is 0 Å². The zero-order valence-electron chi connectivity index (χ0n) is 13.3. The third-order valence-electron chi connectivity index (χ3n) is 3.77. The van der Waals surface area contributed by atoms with Gasteiger partial charge in [-0.25, -0.2) is 0 Å². The van der Waals surface area contributed by atoms with E-state index in [1.807, 2.05) is 0 Å². The van der Waals surface area contributed by atoms with Crippen molar-refractivity contribution in [1.82, 2.24) is 10.6 Å². The van der Waals surface area contributed by atoms with Crippen molar-refractivity contribution in [1.29, 1.82) is 0 Å². The molecule has 1 saturated heterocycles. The molecular formula is C16H21N3O4. The van der Waals surface area contributed by atoms with E-state index in [9.17, 15) is 14.4 Å². The van der Waals surface area contributed by atoms with Gasteiger partial charge >= 0.3 is 0 Å². The van der Waals surface area contributed by atoms with Crippen LogP contribution in [0.4, 0.5) is 5.69 Å². The molecule has 0 aromatic heterocycles. The van der Waals surface area contributed by atoms with E-state index < -0.39 is 5.60 Å². The zero-order chi connectivity index (χ0) is 16.9. The first-order valence-electron chi connectivity index (χ1n) is 7.49. The van der Waals surface area contributed by atoms with Crippen LogP contribution in [-0.2, 0) is 14.3 Å². The molecule has 0 radical (unpaired) electrons. The number of rotatable bonds is 5. The van der Waals surface area contributed by atoms with Gasteiger partial charge in [-0.15, -0.1) is 0 Å². The number of ether oxygens (including phenoxy) is 1. The van der Waals surface area contributed by atoms with E-state index in [0.29, 0.717) is 24.3 Å². The molecular weight excluding hydrogens is 298 g/mol. The molecule has 1 fully saturated rings. The number of nitrogens with one attached hydrogen (secondary N) is 3. The van der Waals surface area contributed by atoms with Crippen LogP contribution in [0.2, 0.25) is 0 Å². The molecule has 1 heterocycles. The maximum atomic E-state index is 12.3. The van der Waals surface area contributed by atoms with Gasteiger partial charge in [0.2, 0.25) is 5.91 Å². The molecule has 23 heavy (non-hydrogen) atoms. The summed E-state index contributed by atoms with van der Waals surface area (Å²) < 4.78 is 5.49. The number of carbonyl (C=O) groups excluding carboxylic acids is 3. The van der Waals surface area contributed by atoms with Crippen molar-refractivity contribution in [2.24, 2.45) is 0 Å². The largest absolute Gasteiger partial charge is 0.365 e. The molecule has 7 nitrogen and oxygen atoms in total. The van der Waals surface area contributed by atoms with Crippen LogP contribution in [-0.4, -0.2) is 43.5 Å². The van der Waals surface area contributed by atoms with Crippen LogP contribution < -0.4 is 16.0 Å². The Bertz CT molecular complexity index is 609. The van der Waals surface area contributed by atoms with Crippen molar-refractivity contribution in [2.45, 2.75) is 25.4 Å². The zero-order valence-corrected chi connectivity index (χ0v) is 13.3. The van der Waals surface area contributed by atoms with Gasteiger partial charge in [0.05, 0.1) is 6.54 Å². The molecule has 2 rings (SSSR count). The number of anilines is 1. The number of hydrogen-bond donors (Lipinski definition) is 3. The Morgan fingerprint density at radius 3 is 2.74 bits per heavy atom. The van der Waals surface area contributed by atoms with Crippen LogP contribution >= 0.6 is 0 Å². The molecule has 0 bridgehead atoms. The number of carbonyl (C=O) groups is 3. The quantitative estimate of drug-likeness (QED) is 0.743. The fraction of sp³-hybridized carbons (Fsp3) is 0.438. The standard InChI is InChI=1S/C16H21N3O4/c1-16(7-4-8-23-16)15(22)19-12-6-3-5-11(9-12)14(21)18-10-13(20)17-2/h3,5-6,9H,4,7-8,10H2,1-2H3,(H,17,20)(H,18,21)(H,19,22)/t16-/m1/s1. The Labute approximate surface area is 134 Å². The predicted molar refractivity (Wildman–Crippen MR) is 85.1 cm³/mol. The molecule has 1 aliphatic rings. The van der Waals surface area contributed by atoms with Gasteiger partial charge < -0.3 is 20.7 Å². The second kappa shape index (κ2) is 7.23. The summed E-state index contributed by atoms with van der Waals surface area (Å²) in [4.78, 5) is 35.4. The topological polar surface area (TPSA) is 96.5 Å². The van der Waals surface area contributed by atoms with Gasteiger partial charge in [0, 0.05) is 24.9 Å². The molecule has 3 N–H and O–H groups in total. The average Bonchev–Trinajstić information content (AvgIpc) is 3.00. The summed E-state index contributed by atoms with van der Waals surface area (Å²) in [7, 11) is 1.50. The molecule has 0 unspecified atom stereocenters. The number of benzene rings is 1. The maximum Gasteiger partial charge on any atom is 0.256 e. The SMILES string of the molecule is CNC(=O)CNC(=O)c1cccc(NC(=O)[C@@]2(C)CCCO2)c1. The van der Waals surface area contributed by atoms with Gasteiger partial charge in [-0.1, -0.05) is 6.07 Å². The van der Waals surface area contributed by atoms with Gasteiger partial charge in [0.15, 0.2) is 0 Å². The fourth-order valence-electron chi connectivity index (χ4n) is 2.31. The normalized spacial score (nSPS) is 19.9. The summed E-state index contributed by atoms with van der Waals surface area (Å²) in [5.41, 5.74) is 0.0563. The molecule has 3 amide bonds. The lowest BCUT2D eigenvalue weighted by molar-refractivity contribution is -0.133. The molecule has 7 heteroatoms.